The molecule has 8 heteroatoms. The minimum Gasteiger partial charge on any atom is -0.263 e. The Balaban J connectivity index is 1.95. The van der Waals surface area contributed by atoms with Crippen molar-refractivity contribution in [3.05, 3.63) is 42.0 Å². The highest BCUT2D eigenvalue weighted by Gasteiger charge is 2.29. The van der Waals surface area contributed by atoms with Gasteiger partial charge in [-0.2, -0.15) is 5.10 Å². The van der Waals surface area contributed by atoms with Crippen LogP contribution in [0.2, 0.25) is 0 Å². The molecule has 0 fully saturated rings. The molecule has 2 heterocycles. The lowest BCUT2D eigenvalue weighted by Gasteiger charge is -1.96. The monoisotopic (exact) mass is 277 g/mol. The van der Waals surface area contributed by atoms with Crippen LogP contribution in [0.1, 0.15) is 11.4 Å². The zero-order valence-corrected chi connectivity index (χ0v) is 10.9. The van der Waals surface area contributed by atoms with E-state index in [-0.39, 0.29) is 11.4 Å². The SMILES string of the molecule is Cn1cnc(CN=C2NS(=O)(=O)c3ccccc32)n1. The fourth-order valence-electron chi connectivity index (χ4n) is 1.86. The van der Waals surface area contributed by atoms with Crippen molar-refractivity contribution >= 4 is 15.9 Å². The molecule has 0 unspecified atom stereocenters. The van der Waals surface area contributed by atoms with Gasteiger partial charge in [0.25, 0.3) is 10.0 Å². The summed E-state index contributed by atoms with van der Waals surface area (Å²) in [7, 11) is -1.72. The van der Waals surface area contributed by atoms with Gasteiger partial charge in [-0.25, -0.2) is 13.4 Å². The van der Waals surface area contributed by atoms with E-state index in [1.165, 1.54) is 0 Å². The Labute approximate surface area is 110 Å². The molecule has 0 atom stereocenters. The molecule has 1 aromatic heterocycles. The van der Waals surface area contributed by atoms with Gasteiger partial charge in [-0.05, 0) is 12.1 Å². The van der Waals surface area contributed by atoms with Gasteiger partial charge in [0.1, 0.15) is 18.7 Å². The molecular weight excluding hydrogens is 266 g/mol. The molecule has 0 spiro atoms. The van der Waals surface area contributed by atoms with Crippen molar-refractivity contribution in [3.8, 4) is 0 Å². The first-order valence-corrected chi connectivity index (χ1v) is 7.06. The van der Waals surface area contributed by atoms with E-state index in [2.05, 4.69) is 19.8 Å². The maximum atomic E-state index is 11.9. The van der Waals surface area contributed by atoms with Crippen molar-refractivity contribution in [2.45, 2.75) is 11.4 Å². The zero-order valence-electron chi connectivity index (χ0n) is 10.1. The summed E-state index contributed by atoms with van der Waals surface area (Å²) in [5.41, 5.74) is 0.582. The third-order valence-electron chi connectivity index (χ3n) is 2.69. The number of nitrogens with one attached hydrogen (secondary N) is 1. The minimum atomic E-state index is -3.48. The summed E-state index contributed by atoms with van der Waals surface area (Å²) in [6, 6.07) is 6.73. The molecule has 3 rings (SSSR count). The average Bonchev–Trinajstić information content (AvgIpc) is 2.90. The zero-order chi connectivity index (χ0) is 13.5. The van der Waals surface area contributed by atoms with E-state index in [0.717, 1.165) is 0 Å². The van der Waals surface area contributed by atoms with E-state index in [1.807, 2.05) is 0 Å². The number of sulfonamides is 1. The molecule has 0 saturated carbocycles. The molecule has 2 aromatic rings. The Morgan fingerprint density at radius 2 is 2.16 bits per heavy atom. The topological polar surface area (TPSA) is 89.2 Å². The summed E-state index contributed by atoms with van der Waals surface area (Å²) in [6.07, 6.45) is 1.57. The lowest BCUT2D eigenvalue weighted by atomic mass is 10.2. The van der Waals surface area contributed by atoms with Gasteiger partial charge in [0.05, 0.1) is 4.90 Å². The lowest BCUT2D eigenvalue weighted by Crippen LogP contribution is -2.22. The van der Waals surface area contributed by atoms with Crippen molar-refractivity contribution in [1.82, 2.24) is 19.5 Å². The van der Waals surface area contributed by atoms with Gasteiger partial charge in [0.2, 0.25) is 0 Å². The second kappa shape index (κ2) is 4.16. The van der Waals surface area contributed by atoms with E-state index in [1.54, 1.807) is 42.3 Å². The number of nitrogens with zero attached hydrogens (tertiary/aromatic N) is 4. The molecule has 0 bridgehead atoms. The van der Waals surface area contributed by atoms with Crippen LogP contribution < -0.4 is 4.72 Å². The van der Waals surface area contributed by atoms with Gasteiger partial charge < -0.3 is 0 Å². The maximum absolute atomic E-state index is 11.9. The van der Waals surface area contributed by atoms with Gasteiger partial charge in [0.15, 0.2) is 5.82 Å². The smallest absolute Gasteiger partial charge is 0.263 e. The van der Waals surface area contributed by atoms with E-state index in [4.69, 9.17) is 0 Å². The van der Waals surface area contributed by atoms with Crippen LogP contribution in [0, 0.1) is 0 Å². The summed E-state index contributed by atoms with van der Waals surface area (Å²) in [6.45, 7) is 0.229. The third kappa shape index (κ3) is 2.10. The van der Waals surface area contributed by atoms with E-state index < -0.39 is 10.0 Å². The van der Waals surface area contributed by atoms with Crippen molar-refractivity contribution in [2.24, 2.45) is 12.0 Å². The Morgan fingerprint density at radius 3 is 2.89 bits per heavy atom. The maximum Gasteiger partial charge on any atom is 0.263 e. The van der Waals surface area contributed by atoms with Crippen LogP contribution in [0.3, 0.4) is 0 Å². The predicted molar refractivity (Wildman–Crippen MR) is 68.0 cm³/mol. The highest BCUT2D eigenvalue weighted by Crippen LogP contribution is 2.22. The Bertz CT molecular complexity index is 763. The summed E-state index contributed by atoms with van der Waals surface area (Å²) < 4.78 is 27.7. The van der Waals surface area contributed by atoms with Crippen LogP contribution >= 0.6 is 0 Å². The number of hydrogen-bond donors (Lipinski definition) is 1. The summed E-state index contributed by atoms with van der Waals surface area (Å²) in [4.78, 5) is 8.52. The first-order chi connectivity index (χ1) is 9.06. The van der Waals surface area contributed by atoms with E-state index in [9.17, 15) is 8.42 Å². The molecule has 98 valence electrons. The van der Waals surface area contributed by atoms with Crippen molar-refractivity contribution < 1.29 is 8.42 Å². The normalized spacial score (nSPS) is 18.3. The number of aryl methyl sites for hydroxylation is 1. The van der Waals surface area contributed by atoms with Crippen LogP contribution in [0.5, 0.6) is 0 Å². The summed E-state index contributed by atoms with van der Waals surface area (Å²) in [5, 5.41) is 4.09. The second-order valence-electron chi connectivity index (χ2n) is 4.10. The molecule has 1 aliphatic heterocycles. The van der Waals surface area contributed by atoms with Gasteiger partial charge in [-0.3, -0.25) is 14.4 Å². The number of fused-ring (bicyclic) bond motifs is 1. The van der Waals surface area contributed by atoms with Gasteiger partial charge in [-0.15, -0.1) is 0 Å². The molecule has 1 N–H and O–H groups in total. The lowest BCUT2D eigenvalue weighted by molar-refractivity contribution is 0.595. The van der Waals surface area contributed by atoms with Gasteiger partial charge in [-0.1, -0.05) is 12.1 Å². The molecule has 19 heavy (non-hydrogen) atoms. The summed E-state index contributed by atoms with van der Waals surface area (Å²) in [5.74, 6) is 0.877. The van der Waals surface area contributed by atoms with Gasteiger partial charge >= 0.3 is 0 Å². The Hall–Kier alpha value is -2.22. The van der Waals surface area contributed by atoms with Crippen LogP contribution in [0.15, 0.2) is 40.5 Å². The number of aromatic nitrogens is 3. The van der Waals surface area contributed by atoms with E-state index in [0.29, 0.717) is 17.2 Å². The fraction of sp³-hybridized carbons (Fsp3) is 0.182. The molecule has 0 saturated heterocycles. The standard InChI is InChI=1S/C11H11N5O2S/c1-16-7-13-10(14-16)6-12-11-8-4-2-3-5-9(8)19(17,18)15-11/h2-5,7H,6H2,1H3,(H,12,15). The summed E-state index contributed by atoms with van der Waals surface area (Å²) >= 11 is 0. The van der Waals surface area contributed by atoms with Crippen LogP contribution in [0.25, 0.3) is 0 Å². The number of aliphatic imine (C=N–C) groups is 1. The quantitative estimate of drug-likeness (QED) is 0.840. The first-order valence-electron chi connectivity index (χ1n) is 5.57. The van der Waals surface area contributed by atoms with Crippen molar-refractivity contribution in [1.29, 1.82) is 0 Å². The second-order valence-corrected chi connectivity index (χ2v) is 5.75. The number of benzene rings is 1. The van der Waals surface area contributed by atoms with Gasteiger partial charge in [0, 0.05) is 12.6 Å². The highest BCUT2D eigenvalue weighted by atomic mass is 32.2. The molecule has 1 aromatic carbocycles. The molecular formula is C11H11N5O2S. The number of hydrogen-bond acceptors (Lipinski definition) is 5. The first kappa shape index (κ1) is 11.8. The Morgan fingerprint density at radius 1 is 1.37 bits per heavy atom. The minimum absolute atomic E-state index is 0.229. The highest BCUT2D eigenvalue weighted by molar-refractivity contribution is 7.90. The number of rotatable bonds is 2. The third-order valence-corrected chi connectivity index (χ3v) is 4.09. The van der Waals surface area contributed by atoms with Crippen LogP contribution in [-0.2, 0) is 23.6 Å². The molecule has 1 aliphatic rings. The number of amidine groups is 1. The molecule has 0 aliphatic carbocycles. The predicted octanol–water partition coefficient (Wildman–Crippen LogP) is 0.0538. The Kier molecular flexibility index (Phi) is 2.59. The molecule has 0 radical (unpaired) electrons. The largest absolute Gasteiger partial charge is 0.263 e. The van der Waals surface area contributed by atoms with Crippen molar-refractivity contribution in [2.75, 3.05) is 0 Å². The molecule has 0 amide bonds. The average molecular weight is 277 g/mol. The van der Waals surface area contributed by atoms with Crippen LogP contribution in [0.4, 0.5) is 0 Å². The van der Waals surface area contributed by atoms with Crippen LogP contribution in [-0.4, -0.2) is 29.0 Å². The fourth-order valence-corrected chi connectivity index (χ4v) is 3.11. The van der Waals surface area contributed by atoms with E-state index >= 15 is 0 Å². The molecule has 7 nitrogen and oxygen atoms in total. The van der Waals surface area contributed by atoms with Crippen molar-refractivity contribution in [3.63, 3.8) is 0 Å².